The zero-order valence-electron chi connectivity index (χ0n) is 20.9. The highest BCUT2D eigenvalue weighted by molar-refractivity contribution is 6.36. The van der Waals surface area contributed by atoms with Crippen LogP contribution in [0.25, 0.3) is 28.1 Å². The van der Waals surface area contributed by atoms with E-state index in [1.807, 2.05) is 36.5 Å². The molecule has 5 aromatic rings. The first-order valence-corrected chi connectivity index (χ1v) is 13.5. The number of halogens is 2. The van der Waals surface area contributed by atoms with Gasteiger partial charge in [-0.15, -0.1) is 0 Å². The second kappa shape index (κ2) is 11.0. The van der Waals surface area contributed by atoms with Crippen LogP contribution in [-0.4, -0.2) is 35.9 Å². The molecular formula is C32H27Cl2N3O. The maximum atomic E-state index is 6.52. The van der Waals surface area contributed by atoms with E-state index in [0.29, 0.717) is 16.5 Å². The Labute approximate surface area is 233 Å². The molecule has 6 rings (SSSR count). The lowest BCUT2D eigenvalue weighted by atomic mass is 10.0. The monoisotopic (exact) mass is 539 g/mol. The number of hydrogen-bond donors (Lipinski definition) is 0. The zero-order chi connectivity index (χ0) is 25.9. The van der Waals surface area contributed by atoms with E-state index in [1.165, 1.54) is 22.4 Å². The van der Waals surface area contributed by atoms with Gasteiger partial charge in [0.15, 0.2) is 0 Å². The second-order valence-corrected chi connectivity index (χ2v) is 10.2. The summed E-state index contributed by atoms with van der Waals surface area (Å²) in [5.74, 6) is 0.944. The summed E-state index contributed by atoms with van der Waals surface area (Å²) in [6, 6.07) is 33.3. The molecule has 0 amide bonds. The Bertz CT molecular complexity index is 1520. The van der Waals surface area contributed by atoms with Crippen LogP contribution >= 0.6 is 23.2 Å². The highest BCUT2D eigenvalue weighted by atomic mass is 35.5. The van der Waals surface area contributed by atoms with Crippen molar-refractivity contribution in [2.75, 3.05) is 31.2 Å². The van der Waals surface area contributed by atoms with Crippen LogP contribution in [0, 0.1) is 0 Å². The van der Waals surface area contributed by atoms with Crippen LogP contribution in [0.3, 0.4) is 0 Å². The maximum absolute atomic E-state index is 6.52. The number of rotatable bonds is 6. The van der Waals surface area contributed by atoms with Gasteiger partial charge in [0.05, 0.1) is 23.9 Å². The standard InChI is InChI=1S/C32H27Cl2N3O/c33-26-12-15-29(30(34)21-26)31-22-37(28-4-2-1-3-5-28)32(35-31)20-23-6-8-24(9-7-23)25-10-13-27(14-11-25)36-16-18-38-19-17-36/h1-15,21-22H,16-20H2. The number of para-hydroxylation sites is 1. The Balaban J connectivity index is 1.26. The normalized spacial score (nSPS) is 13.6. The lowest BCUT2D eigenvalue weighted by molar-refractivity contribution is 0.122. The number of benzene rings is 4. The van der Waals surface area contributed by atoms with Crippen LogP contribution in [0.2, 0.25) is 10.0 Å². The van der Waals surface area contributed by atoms with Gasteiger partial charge >= 0.3 is 0 Å². The molecule has 0 atom stereocenters. The Morgan fingerprint density at radius 3 is 2.11 bits per heavy atom. The average Bonchev–Trinajstić information content (AvgIpc) is 3.38. The predicted octanol–water partition coefficient (Wildman–Crippen LogP) is 7.94. The fraction of sp³-hybridized carbons (Fsp3) is 0.156. The lowest BCUT2D eigenvalue weighted by Gasteiger charge is -2.28. The second-order valence-electron chi connectivity index (χ2n) is 9.39. The van der Waals surface area contributed by atoms with Gasteiger partial charge in [-0.3, -0.25) is 0 Å². The number of hydrogen-bond acceptors (Lipinski definition) is 3. The maximum Gasteiger partial charge on any atom is 0.118 e. The molecule has 0 saturated carbocycles. The van der Waals surface area contributed by atoms with Crippen LogP contribution in [0.5, 0.6) is 0 Å². The first-order valence-electron chi connectivity index (χ1n) is 12.8. The summed E-state index contributed by atoms with van der Waals surface area (Å²) in [5, 5.41) is 1.20. The van der Waals surface area contributed by atoms with Gasteiger partial charge in [0.25, 0.3) is 0 Å². The first-order chi connectivity index (χ1) is 18.6. The summed E-state index contributed by atoms with van der Waals surface area (Å²) in [6.07, 6.45) is 2.74. The van der Waals surface area contributed by atoms with Gasteiger partial charge in [0.1, 0.15) is 5.82 Å². The number of ether oxygens (including phenoxy) is 1. The molecule has 1 fully saturated rings. The Kier molecular flexibility index (Phi) is 7.19. The molecule has 1 aromatic heterocycles. The third kappa shape index (κ3) is 5.34. The highest BCUT2D eigenvalue weighted by Gasteiger charge is 2.15. The van der Waals surface area contributed by atoms with Gasteiger partial charge in [-0.05, 0) is 59.2 Å². The molecule has 0 unspecified atom stereocenters. The number of imidazole rings is 1. The van der Waals surface area contributed by atoms with Gasteiger partial charge in [-0.1, -0.05) is 77.8 Å². The summed E-state index contributed by atoms with van der Waals surface area (Å²) in [5.41, 5.74) is 7.59. The fourth-order valence-electron chi connectivity index (χ4n) is 4.87. The number of morpholine rings is 1. The molecule has 4 nitrogen and oxygen atoms in total. The Morgan fingerprint density at radius 1 is 0.737 bits per heavy atom. The molecule has 0 radical (unpaired) electrons. The number of aromatic nitrogens is 2. The minimum absolute atomic E-state index is 0.589. The average molecular weight is 540 g/mol. The van der Waals surface area contributed by atoms with E-state index in [0.717, 1.165) is 49.1 Å². The molecule has 1 aliphatic rings. The molecule has 0 N–H and O–H groups in total. The van der Waals surface area contributed by atoms with E-state index in [9.17, 15) is 0 Å². The van der Waals surface area contributed by atoms with Crippen LogP contribution < -0.4 is 4.90 Å². The van der Waals surface area contributed by atoms with E-state index < -0.39 is 0 Å². The van der Waals surface area contributed by atoms with Crippen molar-refractivity contribution in [3.8, 4) is 28.1 Å². The van der Waals surface area contributed by atoms with E-state index in [4.69, 9.17) is 32.9 Å². The molecule has 1 aliphatic heterocycles. The highest BCUT2D eigenvalue weighted by Crippen LogP contribution is 2.31. The zero-order valence-corrected chi connectivity index (χ0v) is 22.4. The topological polar surface area (TPSA) is 30.3 Å². The largest absolute Gasteiger partial charge is 0.378 e. The Morgan fingerprint density at radius 2 is 1.42 bits per heavy atom. The fourth-order valence-corrected chi connectivity index (χ4v) is 5.37. The molecule has 38 heavy (non-hydrogen) atoms. The van der Waals surface area contributed by atoms with Crippen molar-refractivity contribution in [1.29, 1.82) is 0 Å². The van der Waals surface area contributed by atoms with E-state index >= 15 is 0 Å². The van der Waals surface area contributed by atoms with Crippen molar-refractivity contribution in [3.63, 3.8) is 0 Å². The minimum Gasteiger partial charge on any atom is -0.378 e. The number of nitrogens with zero attached hydrogens (tertiary/aromatic N) is 3. The van der Waals surface area contributed by atoms with E-state index in [-0.39, 0.29) is 0 Å². The molecule has 4 aromatic carbocycles. The quantitative estimate of drug-likeness (QED) is 0.219. The third-order valence-corrected chi connectivity index (χ3v) is 7.46. The van der Waals surface area contributed by atoms with Gasteiger partial charge < -0.3 is 14.2 Å². The van der Waals surface area contributed by atoms with Crippen LogP contribution in [0.4, 0.5) is 5.69 Å². The van der Waals surface area contributed by atoms with Gasteiger partial charge in [0, 0.05) is 47.7 Å². The first kappa shape index (κ1) is 24.7. The molecule has 1 saturated heterocycles. The molecule has 2 heterocycles. The van der Waals surface area contributed by atoms with Crippen molar-refractivity contribution in [3.05, 3.63) is 125 Å². The van der Waals surface area contributed by atoms with Crippen molar-refractivity contribution in [1.82, 2.24) is 9.55 Å². The molecule has 0 spiro atoms. The summed E-state index contributed by atoms with van der Waals surface area (Å²) in [6.45, 7) is 3.47. The lowest BCUT2D eigenvalue weighted by Crippen LogP contribution is -2.36. The van der Waals surface area contributed by atoms with Crippen molar-refractivity contribution in [2.24, 2.45) is 0 Å². The van der Waals surface area contributed by atoms with Crippen molar-refractivity contribution >= 4 is 28.9 Å². The Hall–Kier alpha value is -3.57. The van der Waals surface area contributed by atoms with E-state index in [2.05, 4.69) is 70.1 Å². The summed E-state index contributed by atoms with van der Waals surface area (Å²) in [7, 11) is 0. The minimum atomic E-state index is 0.589. The van der Waals surface area contributed by atoms with Crippen LogP contribution in [0.15, 0.2) is 103 Å². The van der Waals surface area contributed by atoms with Crippen LogP contribution in [-0.2, 0) is 11.2 Å². The summed E-state index contributed by atoms with van der Waals surface area (Å²) in [4.78, 5) is 7.37. The summed E-state index contributed by atoms with van der Waals surface area (Å²) < 4.78 is 7.61. The molecule has 190 valence electrons. The summed E-state index contributed by atoms with van der Waals surface area (Å²) >= 11 is 12.6. The van der Waals surface area contributed by atoms with Crippen molar-refractivity contribution < 1.29 is 4.74 Å². The smallest absolute Gasteiger partial charge is 0.118 e. The molecule has 6 heteroatoms. The molecule has 0 aliphatic carbocycles. The van der Waals surface area contributed by atoms with E-state index in [1.54, 1.807) is 6.07 Å². The van der Waals surface area contributed by atoms with Crippen molar-refractivity contribution in [2.45, 2.75) is 6.42 Å². The van der Waals surface area contributed by atoms with Gasteiger partial charge in [0.2, 0.25) is 0 Å². The van der Waals surface area contributed by atoms with Crippen LogP contribution in [0.1, 0.15) is 11.4 Å². The third-order valence-electron chi connectivity index (χ3n) is 6.91. The number of anilines is 1. The van der Waals surface area contributed by atoms with Gasteiger partial charge in [-0.25, -0.2) is 4.98 Å². The molecular weight excluding hydrogens is 513 g/mol. The SMILES string of the molecule is Clc1ccc(-c2cn(-c3ccccc3)c(Cc3ccc(-c4ccc(N5CCOCC5)cc4)cc3)n2)c(Cl)c1. The predicted molar refractivity (Wildman–Crippen MR) is 157 cm³/mol. The van der Waals surface area contributed by atoms with Gasteiger partial charge in [-0.2, -0.15) is 0 Å². The molecule has 0 bridgehead atoms.